The molecule has 3 rings (SSSR count). The summed E-state index contributed by atoms with van der Waals surface area (Å²) in [5, 5.41) is 15.3. The average molecular weight is 409 g/mol. The molecule has 0 aliphatic rings. The first-order chi connectivity index (χ1) is 12.6. The third-order valence-corrected chi connectivity index (χ3v) is 6.15. The van der Waals surface area contributed by atoms with Gasteiger partial charge in [0.2, 0.25) is 11.0 Å². The summed E-state index contributed by atoms with van der Waals surface area (Å²) in [4.78, 5) is 25.0. The Kier molecular flexibility index (Phi) is 6.31. The van der Waals surface area contributed by atoms with E-state index in [0.29, 0.717) is 5.13 Å². The van der Waals surface area contributed by atoms with Gasteiger partial charge in [0.1, 0.15) is 5.82 Å². The highest BCUT2D eigenvalue weighted by atomic mass is 32.2. The summed E-state index contributed by atoms with van der Waals surface area (Å²) < 4.78 is 13.8. The van der Waals surface area contributed by atoms with Gasteiger partial charge in [0.05, 0.1) is 6.54 Å². The summed E-state index contributed by atoms with van der Waals surface area (Å²) in [7, 11) is 0. The van der Waals surface area contributed by atoms with Gasteiger partial charge in [-0.2, -0.15) is 0 Å². The Morgan fingerprint density at radius 1 is 1.19 bits per heavy atom. The van der Waals surface area contributed by atoms with Gasteiger partial charge in [-0.1, -0.05) is 35.2 Å². The molecule has 0 aliphatic heterocycles. The van der Waals surface area contributed by atoms with Crippen LogP contribution in [-0.2, 0) is 10.5 Å². The molecule has 2 N–H and O–H groups in total. The normalized spacial score (nSPS) is 10.5. The molecule has 6 nitrogen and oxygen atoms in total. The highest BCUT2D eigenvalue weighted by Gasteiger charge is 2.11. The first-order valence-electron chi connectivity index (χ1n) is 7.42. The molecular formula is C16H13FN4O2S3. The molecule has 1 aromatic carbocycles. The number of thioether (sulfide) groups is 1. The van der Waals surface area contributed by atoms with Gasteiger partial charge in [-0.15, -0.1) is 21.5 Å². The number of nitrogens with zero attached hydrogens (tertiary/aromatic N) is 2. The van der Waals surface area contributed by atoms with E-state index in [1.54, 1.807) is 23.1 Å². The molecule has 0 aliphatic carbocycles. The van der Waals surface area contributed by atoms with E-state index in [9.17, 15) is 14.0 Å². The molecule has 2 heterocycles. The minimum Gasteiger partial charge on any atom is -0.343 e. The maximum Gasteiger partial charge on any atom is 0.251 e. The van der Waals surface area contributed by atoms with Crippen LogP contribution in [-0.4, -0.2) is 28.6 Å². The van der Waals surface area contributed by atoms with Crippen molar-refractivity contribution < 1.29 is 14.0 Å². The maximum absolute atomic E-state index is 13.1. The van der Waals surface area contributed by atoms with Crippen molar-refractivity contribution in [3.8, 4) is 0 Å². The second-order valence-corrected chi connectivity index (χ2v) is 8.21. The number of hydrogen-bond acceptors (Lipinski definition) is 7. The van der Waals surface area contributed by atoms with E-state index in [-0.39, 0.29) is 12.1 Å². The van der Waals surface area contributed by atoms with Crippen molar-refractivity contribution in [2.24, 2.45) is 0 Å². The Morgan fingerprint density at radius 2 is 2.08 bits per heavy atom. The molecule has 0 atom stereocenters. The largest absolute Gasteiger partial charge is 0.343 e. The van der Waals surface area contributed by atoms with Crippen molar-refractivity contribution in [1.29, 1.82) is 0 Å². The smallest absolute Gasteiger partial charge is 0.251 e. The fourth-order valence-electron chi connectivity index (χ4n) is 1.90. The van der Waals surface area contributed by atoms with E-state index in [2.05, 4.69) is 20.8 Å². The predicted molar refractivity (Wildman–Crippen MR) is 101 cm³/mol. The van der Waals surface area contributed by atoms with Crippen LogP contribution in [0.3, 0.4) is 0 Å². The van der Waals surface area contributed by atoms with Crippen molar-refractivity contribution in [3.63, 3.8) is 0 Å². The number of benzene rings is 1. The highest BCUT2D eigenvalue weighted by molar-refractivity contribution is 8.00. The van der Waals surface area contributed by atoms with Crippen LogP contribution >= 0.6 is 34.4 Å². The zero-order chi connectivity index (χ0) is 18.4. The Hall–Kier alpha value is -2.30. The standard InChI is InChI=1S/C16H13FN4O2S3/c17-11-4-1-3-10(7-11)14(23)18-8-13(22)19-15-20-21-16(26-15)25-9-12-5-2-6-24-12/h1-7H,8-9H2,(H,18,23)(H,19,20,22). The van der Waals surface area contributed by atoms with Crippen LogP contribution in [0, 0.1) is 5.82 Å². The molecule has 0 spiro atoms. The molecule has 10 heteroatoms. The van der Waals surface area contributed by atoms with Crippen molar-refractivity contribution in [2.45, 2.75) is 10.1 Å². The fourth-order valence-corrected chi connectivity index (χ4v) is 4.44. The van der Waals surface area contributed by atoms with Gasteiger partial charge >= 0.3 is 0 Å². The number of anilines is 1. The van der Waals surface area contributed by atoms with Gasteiger partial charge in [0.15, 0.2) is 4.34 Å². The monoisotopic (exact) mass is 408 g/mol. The lowest BCUT2D eigenvalue weighted by Crippen LogP contribution is -2.32. The molecule has 134 valence electrons. The van der Waals surface area contributed by atoms with Crippen LogP contribution in [0.4, 0.5) is 9.52 Å². The number of amides is 2. The lowest BCUT2D eigenvalue weighted by Gasteiger charge is -2.04. The molecule has 26 heavy (non-hydrogen) atoms. The van der Waals surface area contributed by atoms with Crippen molar-refractivity contribution in [3.05, 3.63) is 58.0 Å². The van der Waals surface area contributed by atoms with E-state index in [4.69, 9.17) is 0 Å². The topological polar surface area (TPSA) is 84.0 Å². The average Bonchev–Trinajstić information content (AvgIpc) is 3.29. The molecule has 2 aromatic heterocycles. The molecular weight excluding hydrogens is 395 g/mol. The minimum absolute atomic E-state index is 0.154. The van der Waals surface area contributed by atoms with Crippen molar-refractivity contribution >= 4 is 51.4 Å². The van der Waals surface area contributed by atoms with Gasteiger partial charge in [-0.3, -0.25) is 14.9 Å². The van der Waals surface area contributed by atoms with Gasteiger partial charge in [-0.05, 0) is 29.6 Å². The summed E-state index contributed by atoms with van der Waals surface area (Å²) in [6.45, 7) is -0.243. The second kappa shape index (κ2) is 8.88. The van der Waals surface area contributed by atoms with Crippen LogP contribution in [0.25, 0.3) is 0 Å². The number of aromatic nitrogens is 2. The van der Waals surface area contributed by atoms with E-state index in [0.717, 1.165) is 16.2 Å². The second-order valence-electron chi connectivity index (χ2n) is 4.98. The zero-order valence-electron chi connectivity index (χ0n) is 13.3. The SMILES string of the molecule is O=C(CNC(=O)c1cccc(F)c1)Nc1nnc(SCc2cccs2)s1. The van der Waals surface area contributed by atoms with Crippen LogP contribution in [0.5, 0.6) is 0 Å². The van der Waals surface area contributed by atoms with E-state index in [1.165, 1.54) is 34.4 Å². The third kappa shape index (κ3) is 5.35. The number of nitrogens with one attached hydrogen (secondary N) is 2. The van der Waals surface area contributed by atoms with Crippen LogP contribution in [0.2, 0.25) is 0 Å². The molecule has 0 bridgehead atoms. The third-order valence-electron chi connectivity index (χ3n) is 3.07. The summed E-state index contributed by atoms with van der Waals surface area (Å²) in [6.07, 6.45) is 0. The Labute approximate surface area is 160 Å². The molecule has 0 radical (unpaired) electrons. The Bertz CT molecular complexity index is 899. The first-order valence-corrected chi connectivity index (χ1v) is 10.1. The maximum atomic E-state index is 13.1. The number of thiophene rings is 1. The first kappa shape index (κ1) is 18.5. The van der Waals surface area contributed by atoms with E-state index >= 15 is 0 Å². The fraction of sp³-hybridized carbons (Fsp3) is 0.125. The molecule has 0 saturated carbocycles. The Morgan fingerprint density at radius 3 is 2.85 bits per heavy atom. The summed E-state index contributed by atoms with van der Waals surface area (Å²) in [6, 6.07) is 9.29. The predicted octanol–water partition coefficient (Wildman–Crippen LogP) is 3.40. The van der Waals surface area contributed by atoms with Crippen LogP contribution in [0.15, 0.2) is 46.1 Å². The van der Waals surface area contributed by atoms with E-state index in [1.807, 2.05) is 17.5 Å². The lowest BCUT2D eigenvalue weighted by atomic mass is 10.2. The van der Waals surface area contributed by atoms with Crippen LogP contribution in [0.1, 0.15) is 15.2 Å². The van der Waals surface area contributed by atoms with Gasteiger partial charge in [0, 0.05) is 16.2 Å². The number of carbonyl (C=O) groups is 2. The van der Waals surface area contributed by atoms with Crippen molar-refractivity contribution in [2.75, 3.05) is 11.9 Å². The van der Waals surface area contributed by atoms with Gasteiger partial charge < -0.3 is 5.32 Å². The molecule has 0 saturated heterocycles. The van der Waals surface area contributed by atoms with E-state index < -0.39 is 17.6 Å². The molecule has 0 fully saturated rings. The zero-order valence-corrected chi connectivity index (χ0v) is 15.7. The molecule has 3 aromatic rings. The Balaban J connectivity index is 1.45. The van der Waals surface area contributed by atoms with Crippen molar-refractivity contribution in [1.82, 2.24) is 15.5 Å². The summed E-state index contributed by atoms with van der Waals surface area (Å²) in [5.41, 5.74) is 0.154. The number of carbonyl (C=O) groups excluding carboxylic acids is 2. The number of rotatable bonds is 7. The van der Waals surface area contributed by atoms with Gasteiger partial charge in [0.25, 0.3) is 5.91 Å². The van der Waals surface area contributed by atoms with Gasteiger partial charge in [-0.25, -0.2) is 4.39 Å². The summed E-state index contributed by atoms with van der Waals surface area (Å²) in [5.74, 6) is -0.669. The number of hydrogen-bond donors (Lipinski definition) is 2. The van der Waals surface area contributed by atoms with Crippen LogP contribution < -0.4 is 10.6 Å². The molecule has 0 unspecified atom stereocenters. The minimum atomic E-state index is -0.524. The quantitative estimate of drug-likeness (QED) is 0.462. The highest BCUT2D eigenvalue weighted by Crippen LogP contribution is 2.29. The number of halogens is 1. The molecule has 2 amide bonds. The lowest BCUT2D eigenvalue weighted by molar-refractivity contribution is -0.115. The summed E-state index contributed by atoms with van der Waals surface area (Å²) >= 11 is 4.48.